The zero-order valence-corrected chi connectivity index (χ0v) is 23.5. The molecule has 0 heterocycles. The maximum absolute atomic E-state index is 12.5. The second-order valence-corrected chi connectivity index (χ2v) is 13.7. The first kappa shape index (κ1) is 27.1. The molecule has 0 bridgehead atoms. The second-order valence-electron chi connectivity index (χ2n) is 13.2. The molecule has 204 valence electrons. The number of aliphatic hydroxyl groups is 2. The maximum Gasteiger partial charge on any atom is 0.240 e. The molecule has 0 unspecified atom stereocenters. The van der Waals surface area contributed by atoms with Gasteiger partial charge in [0, 0.05) is 11.4 Å². The van der Waals surface area contributed by atoms with E-state index >= 15 is 0 Å². The van der Waals surface area contributed by atoms with E-state index in [1.165, 1.54) is 19.3 Å². The average molecular weight is 529 g/mol. The number of carbonyl (C=O) groups is 1. The van der Waals surface area contributed by atoms with Gasteiger partial charge in [-0.25, -0.2) is 5.43 Å². The van der Waals surface area contributed by atoms with Crippen molar-refractivity contribution in [2.24, 2.45) is 51.4 Å². The van der Waals surface area contributed by atoms with Crippen molar-refractivity contribution in [3.05, 3.63) is 34.9 Å². The smallest absolute Gasteiger partial charge is 0.240 e. The molecule has 5 rings (SSSR count). The summed E-state index contributed by atoms with van der Waals surface area (Å²) in [5, 5.41) is 26.8. The Morgan fingerprint density at radius 2 is 1.86 bits per heavy atom. The van der Waals surface area contributed by atoms with Crippen molar-refractivity contribution in [3.63, 3.8) is 0 Å². The number of amides is 1. The highest BCUT2D eigenvalue weighted by atomic mass is 35.5. The number of nitrogens with zero attached hydrogens (tertiary/aromatic N) is 1. The van der Waals surface area contributed by atoms with Crippen LogP contribution in [0.3, 0.4) is 0 Å². The van der Waals surface area contributed by atoms with E-state index in [0.717, 1.165) is 44.1 Å². The van der Waals surface area contributed by atoms with Crippen molar-refractivity contribution >= 4 is 23.7 Å². The van der Waals surface area contributed by atoms with Crippen LogP contribution >= 0.6 is 11.6 Å². The summed E-state index contributed by atoms with van der Waals surface area (Å²) < 4.78 is 0. The Morgan fingerprint density at radius 3 is 2.62 bits per heavy atom. The lowest BCUT2D eigenvalue weighted by atomic mass is 9.43. The molecule has 0 aromatic heterocycles. The summed E-state index contributed by atoms with van der Waals surface area (Å²) >= 11 is 5.92. The van der Waals surface area contributed by atoms with E-state index in [9.17, 15) is 15.0 Å². The molecule has 10 atom stereocenters. The number of benzene rings is 1. The Balaban J connectivity index is 1.19. The van der Waals surface area contributed by atoms with E-state index in [1.54, 1.807) is 18.3 Å². The third-order valence-corrected chi connectivity index (χ3v) is 11.9. The van der Waals surface area contributed by atoms with Gasteiger partial charge in [-0.05, 0) is 122 Å². The highest BCUT2D eigenvalue weighted by Crippen LogP contribution is 2.68. The van der Waals surface area contributed by atoms with Crippen LogP contribution in [-0.2, 0) is 4.79 Å². The minimum absolute atomic E-state index is 0.0632. The molecule has 0 aliphatic heterocycles. The lowest BCUT2D eigenvalue weighted by Crippen LogP contribution is -2.58. The normalized spacial score (nSPS) is 42.1. The van der Waals surface area contributed by atoms with Gasteiger partial charge in [-0.2, -0.15) is 5.10 Å². The average Bonchev–Trinajstić information content (AvgIpc) is 3.24. The van der Waals surface area contributed by atoms with Crippen LogP contribution in [0.4, 0.5) is 0 Å². The first-order valence-corrected chi connectivity index (χ1v) is 14.9. The predicted molar refractivity (Wildman–Crippen MR) is 148 cm³/mol. The Hall–Kier alpha value is -1.43. The number of aliphatic hydroxyl groups excluding tert-OH is 2. The van der Waals surface area contributed by atoms with Crippen LogP contribution in [0.2, 0.25) is 5.02 Å². The molecule has 3 N–H and O–H groups in total. The van der Waals surface area contributed by atoms with E-state index in [2.05, 4.69) is 31.3 Å². The van der Waals surface area contributed by atoms with Crippen LogP contribution in [0.1, 0.15) is 90.5 Å². The van der Waals surface area contributed by atoms with Crippen molar-refractivity contribution in [2.75, 3.05) is 0 Å². The van der Waals surface area contributed by atoms with E-state index in [-0.39, 0.29) is 28.9 Å². The van der Waals surface area contributed by atoms with Gasteiger partial charge < -0.3 is 10.2 Å². The standard InChI is InChI=1S/C31H45ClN2O3/c1-19(4-13-29(37)34-33-18-20-5-8-22(32)9-6-20)25-11-12-26-24-10-7-21-16-23(35)14-15-30(21,2)27(24)17-28(36)31(25,26)3/h5-6,8-9,18-19,21,23-28,35-36H,4,7,10-17H2,1-3H3,(H,34,37)/b33-18+/t19-,21+,23-,24+,25-,26+,27+,28+,30+,31-/m1/s1. The van der Waals surface area contributed by atoms with Gasteiger partial charge in [-0.1, -0.05) is 44.5 Å². The first-order chi connectivity index (χ1) is 17.6. The van der Waals surface area contributed by atoms with Gasteiger partial charge in [0.25, 0.3) is 0 Å². The molecule has 1 amide bonds. The van der Waals surface area contributed by atoms with Gasteiger partial charge in [0.05, 0.1) is 18.4 Å². The van der Waals surface area contributed by atoms with E-state index in [4.69, 9.17) is 11.6 Å². The second kappa shape index (κ2) is 10.6. The number of carbonyl (C=O) groups excluding carboxylic acids is 1. The number of nitrogens with one attached hydrogen (secondary N) is 1. The van der Waals surface area contributed by atoms with Gasteiger partial charge in [0.2, 0.25) is 5.91 Å². The summed E-state index contributed by atoms with van der Waals surface area (Å²) in [6.45, 7) is 7.11. The quantitative estimate of drug-likeness (QED) is 0.304. The third kappa shape index (κ3) is 5.01. The summed E-state index contributed by atoms with van der Waals surface area (Å²) in [4.78, 5) is 12.5. The van der Waals surface area contributed by atoms with E-state index < -0.39 is 0 Å². The summed E-state index contributed by atoms with van der Waals surface area (Å²) in [5.74, 6) is 3.19. The number of halogens is 1. The molecule has 5 nitrogen and oxygen atoms in total. The number of rotatable bonds is 6. The lowest BCUT2D eigenvalue weighted by molar-refractivity contribution is -0.174. The van der Waals surface area contributed by atoms with Crippen LogP contribution in [0.5, 0.6) is 0 Å². The van der Waals surface area contributed by atoms with Crippen LogP contribution in [0.15, 0.2) is 29.4 Å². The van der Waals surface area contributed by atoms with Crippen LogP contribution in [0, 0.1) is 46.3 Å². The topological polar surface area (TPSA) is 81.9 Å². The van der Waals surface area contributed by atoms with Crippen LogP contribution in [0.25, 0.3) is 0 Å². The van der Waals surface area contributed by atoms with Crippen LogP contribution < -0.4 is 5.43 Å². The van der Waals surface area contributed by atoms with E-state index in [1.807, 2.05) is 12.1 Å². The summed E-state index contributed by atoms with van der Waals surface area (Å²) in [7, 11) is 0. The van der Waals surface area contributed by atoms with Crippen molar-refractivity contribution in [1.29, 1.82) is 0 Å². The summed E-state index contributed by atoms with van der Waals surface area (Å²) in [6.07, 6.45) is 11.2. The summed E-state index contributed by atoms with van der Waals surface area (Å²) in [6, 6.07) is 7.33. The fraction of sp³-hybridized carbons (Fsp3) is 0.742. The van der Waals surface area contributed by atoms with E-state index in [0.29, 0.717) is 47.0 Å². The zero-order valence-electron chi connectivity index (χ0n) is 22.7. The molecular formula is C31H45ClN2O3. The fourth-order valence-electron chi connectivity index (χ4n) is 9.50. The Morgan fingerprint density at radius 1 is 1.11 bits per heavy atom. The number of hydrazone groups is 1. The molecule has 4 fully saturated rings. The number of fused-ring (bicyclic) bond motifs is 5. The molecule has 4 aliphatic carbocycles. The molecule has 37 heavy (non-hydrogen) atoms. The number of hydrogen-bond acceptors (Lipinski definition) is 4. The minimum atomic E-state index is -0.283. The first-order valence-electron chi connectivity index (χ1n) is 14.6. The molecule has 1 aromatic carbocycles. The van der Waals surface area contributed by atoms with Crippen LogP contribution in [-0.4, -0.2) is 34.5 Å². The van der Waals surface area contributed by atoms with Crippen molar-refractivity contribution in [2.45, 2.75) is 97.2 Å². The zero-order chi connectivity index (χ0) is 26.4. The van der Waals surface area contributed by atoms with Gasteiger partial charge >= 0.3 is 0 Å². The monoisotopic (exact) mass is 528 g/mol. The number of hydrogen-bond donors (Lipinski definition) is 3. The molecule has 1 aromatic rings. The van der Waals surface area contributed by atoms with Gasteiger partial charge in [0.15, 0.2) is 0 Å². The molecular weight excluding hydrogens is 484 g/mol. The Bertz CT molecular complexity index is 999. The van der Waals surface area contributed by atoms with Gasteiger partial charge in [-0.15, -0.1) is 0 Å². The fourth-order valence-corrected chi connectivity index (χ4v) is 9.63. The molecule has 6 heteroatoms. The Kier molecular flexibility index (Phi) is 7.79. The third-order valence-electron chi connectivity index (χ3n) is 11.6. The largest absolute Gasteiger partial charge is 0.393 e. The highest BCUT2D eigenvalue weighted by Gasteiger charge is 2.63. The lowest BCUT2D eigenvalue weighted by Gasteiger charge is -2.62. The minimum Gasteiger partial charge on any atom is -0.393 e. The summed E-state index contributed by atoms with van der Waals surface area (Å²) in [5.41, 5.74) is 3.75. The van der Waals surface area contributed by atoms with Gasteiger partial charge in [-0.3, -0.25) is 4.79 Å². The molecule has 0 saturated heterocycles. The maximum atomic E-state index is 12.5. The van der Waals surface area contributed by atoms with Gasteiger partial charge in [0.1, 0.15) is 0 Å². The SMILES string of the molecule is C[C@H](CCC(=O)N/N=C/c1ccc(Cl)cc1)[C@H]1CC[C@H]2[C@@H]3CC[C@H]4C[C@H](O)CC[C@]4(C)[C@H]3C[C@H](O)[C@]12C. The van der Waals surface area contributed by atoms with Crippen molar-refractivity contribution in [1.82, 2.24) is 5.43 Å². The molecule has 0 spiro atoms. The highest BCUT2D eigenvalue weighted by molar-refractivity contribution is 6.30. The Labute approximate surface area is 227 Å². The predicted octanol–water partition coefficient (Wildman–Crippen LogP) is 6.20. The molecule has 4 saturated carbocycles. The van der Waals surface area contributed by atoms with Crippen molar-refractivity contribution in [3.8, 4) is 0 Å². The van der Waals surface area contributed by atoms with Crippen molar-refractivity contribution < 1.29 is 15.0 Å². The molecule has 4 aliphatic rings. The molecule has 0 radical (unpaired) electrons.